The van der Waals surface area contributed by atoms with Crippen molar-refractivity contribution in [2.45, 2.75) is 31.5 Å². The molecular formula is C10H13BrF3N3. The fourth-order valence-electron chi connectivity index (χ4n) is 1.43. The highest BCUT2D eigenvalue weighted by Gasteiger charge is 2.28. The van der Waals surface area contributed by atoms with Crippen molar-refractivity contribution >= 4 is 15.9 Å². The van der Waals surface area contributed by atoms with E-state index in [0.29, 0.717) is 6.42 Å². The molecule has 1 atom stereocenters. The molecule has 1 unspecified atom stereocenters. The summed E-state index contributed by atoms with van der Waals surface area (Å²) >= 11 is 3.25. The SMILES string of the molecule is NNC(CCC(F)(F)F)Cc1cncc(Br)c1. The van der Waals surface area contributed by atoms with E-state index < -0.39 is 18.6 Å². The van der Waals surface area contributed by atoms with Crippen LogP contribution in [-0.2, 0) is 6.42 Å². The van der Waals surface area contributed by atoms with Gasteiger partial charge in [-0.05, 0) is 40.4 Å². The number of aromatic nitrogens is 1. The smallest absolute Gasteiger partial charge is 0.271 e. The highest BCUT2D eigenvalue weighted by Crippen LogP contribution is 2.23. The molecule has 0 aromatic carbocycles. The van der Waals surface area contributed by atoms with Gasteiger partial charge in [0.05, 0.1) is 0 Å². The van der Waals surface area contributed by atoms with E-state index >= 15 is 0 Å². The molecule has 7 heteroatoms. The summed E-state index contributed by atoms with van der Waals surface area (Å²) in [7, 11) is 0. The Bertz CT molecular complexity index is 357. The van der Waals surface area contributed by atoms with E-state index in [4.69, 9.17) is 5.84 Å². The molecule has 0 saturated carbocycles. The van der Waals surface area contributed by atoms with E-state index in [1.807, 2.05) is 6.07 Å². The van der Waals surface area contributed by atoms with E-state index in [1.54, 1.807) is 12.4 Å². The molecule has 0 amide bonds. The van der Waals surface area contributed by atoms with Gasteiger partial charge in [-0.25, -0.2) is 0 Å². The average molecular weight is 312 g/mol. The largest absolute Gasteiger partial charge is 0.389 e. The first-order valence-electron chi connectivity index (χ1n) is 5.03. The summed E-state index contributed by atoms with van der Waals surface area (Å²) < 4.78 is 37.0. The van der Waals surface area contributed by atoms with Crippen LogP contribution >= 0.6 is 15.9 Å². The predicted octanol–water partition coefficient (Wildman–Crippen LogP) is 2.56. The Morgan fingerprint density at radius 2 is 2.12 bits per heavy atom. The molecule has 0 aliphatic heterocycles. The minimum Gasteiger partial charge on any atom is -0.271 e. The minimum atomic E-state index is -4.15. The lowest BCUT2D eigenvalue weighted by Crippen LogP contribution is -2.37. The van der Waals surface area contributed by atoms with Gasteiger partial charge in [0.1, 0.15) is 0 Å². The van der Waals surface area contributed by atoms with Crippen molar-refractivity contribution < 1.29 is 13.2 Å². The highest BCUT2D eigenvalue weighted by atomic mass is 79.9. The first kappa shape index (κ1) is 14.4. The Hall–Kier alpha value is -0.660. The average Bonchev–Trinajstić information content (AvgIpc) is 2.23. The number of rotatable bonds is 5. The maximum Gasteiger partial charge on any atom is 0.389 e. The van der Waals surface area contributed by atoms with Crippen LogP contribution in [0.15, 0.2) is 22.9 Å². The quantitative estimate of drug-likeness (QED) is 0.649. The normalized spacial score (nSPS) is 13.7. The molecule has 1 heterocycles. The van der Waals surface area contributed by atoms with Crippen molar-refractivity contribution in [3.8, 4) is 0 Å². The van der Waals surface area contributed by atoms with Gasteiger partial charge in [0, 0.05) is 29.3 Å². The van der Waals surface area contributed by atoms with Crippen LogP contribution in [0.25, 0.3) is 0 Å². The summed E-state index contributed by atoms with van der Waals surface area (Å²) in [5.74, 6) is 5.24. The number of alkyl halides is 3. The van der Waals surface area contributed by atoms with E-state index in [2.05, 4.69) is 26.3 Å². The summed E-state index contributed by atoms with van der Waals surface area (Å²) in [5.41, 5.74) is 3.24. The number of nitrogens with two attached hydrogens (primary N) is 1. The van der Waals surface area contributed by atoms with Crippen molar-refractivity contribution in [2.24, 2.45) is 5.84 Å². The molecule has 0 spiro atoms. The molecule has 1 rings (SSSR count). The second-order valence-electron chi connectivity index (χ2n) is 3.73. The van der Waals surface area contributed by atoms with Crippen molar-refractivity contribution in [3.05, 3.63) is 28.5 Å². The zero-order chi connectivity index (χ0) is 12.9. The second kappa shape index (κ2) is 6.32. The van der Waals surface area contributed by atoms with Crippen LogP contribution in [-0.4, -0.2) is 17.2 Å². The molecule has 3 nitrogen and oxygen atoms in total. The molecular weight excluding hydrogens is 299 g/mol. The first-order chi connectivity index (χ1) is 7.90. The summed E-state index contributed by atoms with van der Waals surface area (Å²) in [6.45, 7) is 0. The van der Waals surface area contributed by atoms with Crippen molar-refractivity contribution in [3.63, 3.8) is 0 Å². The second-order valence-corrected chi connectivity index (χ2v) is 4.65. The topological polar surface area (TPSA) is 50.9 Å². The monoisotopic (exact) mass is 311 g/mol. The minimum absolute atomic E-state index is 0.0491. The summed E-state index contributed by atoms with van der Waals surface area (Å²) in [4.78, 5) is 3.94. The Kier molecular flexibility index (Phi) is 5.35. The molecule has 3 N–H and O–H groups in total. The van der Waals surface area contributed by atoms with Crippen LogP contribution in [0, 0.1) is 0 Å². The van der Waals surface area contributed by atoms with Gasteiger partial charge in [-0.15, -0.1) is 0 Å². The highest BCUT2D eigenvalue weighted by molar-refractivity contribution is 9.10. The molecule has 0 aliphatic carbocycles. The Balaban J connectivity index is 2.52. The molecule has 0 aliphatic rings. The Morgan fingerprint density at radius 3 is 2.65 bits per heavy atom. The van der Waals surface area contributed by atoms with Crippen molar-refractivity contribution in [1.82, 2.24) is 10.4 Å². The number of nitrogens with zero attached hydrogens (tertiary/aromatic N) is 1. The molecule has 0 bridgehead atoms. The molecule has 1 aromatic rings. The van der Waals surface area contributed by atoms with Crippen LogP contribution in [0.1, 0.15) is 18.4 Å². The standard InChI is InChI=1S/C10H13BrF3N3/c11-8-3-7(5-16-6-8)4-9(17-15)1-2-10(12,13)14/h3,5-6,9,17H,1-2,4,15H2. The molecule has 0 radical (unpaired) electrons. The van der Waals surface area contributed by atoms with Crippen molar-refractivity contribution in [2.75, 3.05) is 0 Å². The number of pyridine rings is 1. The van der Waals surface area contributed by atoms with Crippen LogP contribution < -0.4 is 11.3 Å². The lowest BCUT2D eigenvalue weighted by Gasteiger charge is -2.16. The lowest BCUT2D eigenvalue weighted by atomic mass is 10.0. The fraction of sp³-hybridized carbons (Fsp3) is 0.500. The van der Waals surface area contributed by atoms with Gasteiger partial charge in [0.15, 0.2) is 0 Å². The molecule has 17 heavy (non-hydrogen) atoms. The van der Waals surface area contributed by atoms with Gasteiger partial charge in [-0.1, -0.05) is 0 Å². The fourth-order valence-corrected chi connectivity index (χ4v) is 1.85. The lowest BCUT2D eigenvalue weighted by molar-refractivity contribution is -0.136. The zero-order valence-electron chi connectivity index (χ0n) is 8.97. The van der Waals surface area contributed by atoms with E-state index in [1.165, 1.54) is 0 Å². The van der Waals surface area contributed by atoms with Gasteiger partial charge in [0.2, 0.25) is 0 Å². The number of hydrogen-bond donors (Lipinski definition) is 2. The number of nitrogens with one attached hydrogen (secondary N) is 1. The maximum absolute atomic E-state index is 12.1. The van der Waals surface area contributed by atoms with Gasteiger partial charge in [0.25, 0.3) is 0 Å². The molecule has 0 saturated heterocycles. The summed E-state index contributed by atoms with van der Waals surface area (Å²) in [6.07, 6.45) is -1.40. The summed E-state index contributed by atoms with van der Waals surface area (Å²) in [6, 6.07) is 1.40. The third-order valence-corrected chi connectivity index (χ3v) is 2.69. The van der Waals surface area contributed by atoms with Gasteiger partial charge < -0.3 is 0 Å². The number of hydrogen-bond acceptors (Lipinski definition) is 3. The Labute approximate surface area is 106 Å². The van der Waals surface area contributed by atoms with E-state index in [0.717, 1.165) is 10.0 Å². The molecule has 1 aromatic heterocycles. The van der Waals surface area contributed by atoms with Gasteiger partial charge in [-0.2, -0.15) is 13.2 Å². The maximum atomic E-state index is 12.1. The van der Waals surface area contributed by atoms with Crippen LogP contribution in [0.5, 0.6) is 0 Å². The third-order valence-electron chi connectivity index (χ3n) is 2.26. The van der Waals surface area contributed by atoms with E-state index in [9.17, 15) is 13.2 Å². The predicted molar refractivity (Wildman–Crippen MR) is 62.0 cm³/mol. The zero-order valence-corrected chi connectivity index (χ0v) is 10.6. The van der Waals surface area contributed by atoms with Crippen LogP contribution in [0.3, 0.4) is 0 Å². The summed E-state index contributed by atoms with van der Waals surface area (Å²) in [5, 5.41) is 0. The van der Waals surface area contributed by atoms with E-state index in [-0.39, 0.29) is 6.42 Å². The van der Waals surface area contributed by atoms with Gasteiger partial charge >= 0.3 is 6.18 Å². The third kappa shape index (κ3) is 5.99. The number of halogens is 4. The van der Waals surface area contributed by atoms with Crippen molar-refractivity contribution in [1.29, 1.82) is 0 Å². The van der Waals surface area contributed by atoms with Crippen LogP contribution in [0.4, 0.5) is 13.2 Å². The van der Waals surface area contributed by atoms with Gasteiger partial charge in [-0.3, -0.25) is 16.3 Å². The molecule has 96 valence electrons. The van der Waals surface area contributed by atoms with Crippen LogP contribution in [0.2, 0.25) is 0 Å². The molecule has 0 fully saturated rings. The first-order valence-corrected chi connectivity index (χ1v) is 5.82. The Morgan fingerprint density at radius 1 is 1.41 bits per heavy atom. The number of hydrazine groups is 1.